The maximum Gasteiger partial charge on any atom is 0.245 e. The summed E-state index contributed by atoms with van der Waals surface area (Å²) in [4.78, 5) is 41.2. The van der Waals surface area contributed by atoms with Crippen LogP contribution in [0.25, 0.3) is 0 Å². The number of benzene rings is 1. The molecule has 1 atom stereocenters. The predicted molar refractivity (Wildman–Crippen MR) is 104 cm³/mol. The molecule has 6 heteroatoms. The summed E-state index contributed by atoms with van der Waals surface area (Å²) >= 11 is 0. The Hall–Kier alpha value is -2.37. The minimum Gasteiger partial charge on any atom is -0.335 e. The Balaban J connectivity index is 1.56. The van der Waals surface area contributed by atoms with Crippen molar-refractivity contribution in [1.82, 2.24) is 9.80 Å². The number of amides is 3. The number of nitrogens with one attached hydrogen (secondary N) is 1. The third-order valence-corrected chi connectivity index (χ3v) is 5.59. The van der Waals surface area contributed by atoms with Crippen molar-refractivity contribution in [3.63, 3.8) is 0 Å². The number of rotatable bonds is 5. The fourth-order valence-electron chi connectivity index (χ4n) is 4.14. The SMILES string of the molecule is CN(CC(=O)Nc1ccccc1)C(=O)C1CCCN1C(=O)C1CCCCC1. The lowest BCUT2D eigenvalue weighted by Crippen LogP contribution is -2.49. The van der Waals surface area contributed by atoms with Gasteiger partial charge in [-0.1, -0.05) is 37.5 Å². The first-order chi connectivity index (χ1) is 13.1. The van der Waals surface area contributed by atoms with Crippen LogP contribution in [0.15, 0.2) is 30.3 Å². The van der Waals surface area contributed by atoms with E-state index in [0.717, 1.165) is 32.1 Å². The number of likely N-dealkylation sites (tertiary alicyclic amines) is 1. The maximum absolute atomic E-state index is 12.9. The highest BCUT2D eigenvalue weighted by Crippen LogP contribution is 2.29. The monoisotopic (exact) mass is 371 g/mol. The second-order valence-corrected chi connectivity index (χ2v) is 7.63. The standard InChI is InChI=1S/C21H29N3O3/c1-23(15-19(25)22-17-11-6-3-7-12-17)21(27)18-13-8-14-24(18)20(26)16-9-4-2-5-10-16/h3,6-7,11-12,16,18H,2,4-5,8-10,13-15H2,1H3,(H,22,25). The zero-order chi connectivity index (χ0) is 19.2. The van der Waals surface area contributed by atoms with E-state index in [4.69, 9.17) is 0 Å². The molecule has 1 aliphatic carbocycles. The summed E-state index contributed by atoms with van der Waals surface area (Å²) in [7, 11) is 1.63. The van der Waals surface area contributed by atoms with E-state index in [-0.39, 0.29) is 30.2 Å². The average molecular weight is 371 g/mol. The minimum atomic E-state index is -0.422. The molecule has 0 aromatic heterocycles. The van der Waals surface area contributed by atoms with Gasteiger partial charge in [0.15, 0.2) is 0 Å². The van der Waals surface area contributed by atoms with Gasteiger partial charge in [-0.3, -0.25) is 14.4 Å². The molecule has 0 radical (unpaired) electrons. The summed E-state index contributed by atoms with van der Waals surface area (Å²) in [5, 5.41) is 2.79. The van der Waals surface area contributed by atoms with Crippen molar-refractivity contribution in [2.24, 2.45) is 5.92 Å². The smallest absolute Gasteiger partial charge is 0.245 e. The van der Waals surface area contributed by atoms with E-state index in [1.165, 1.54) is 11.3 Å². The molecule has 1 aromatic carbocycles. The van der Waals surface area contributed by atoms with E-state index in [1.54, 1.807) is 24.1 Å². The Kier molecular flexibility index (Phi) is 6.48. The number of carbonyl (C=O) groups excluding carboxylic acids is 3. The fourth-order valence-corrected chi connectivity index (χ4v) is 4.14. The second kappa shape index (κ2) is 9.02. The molecule has 3 rings (SSSR count). The van der Waals surface area contributed by atoms with E-state index in [1.807, 2.05) is 18.2 Å². The van der Waals surface area contributed by atoms with Crippen molar-refractivity contribution in [1.29, 1.82) is 0 Å². The average Bonchev–Trinajstić information content (AvgIpc) is 3.17. The van der Waals surface area contributed by atoms with Crippen LogP contribution in [0.4, 0.5) is 5.69 Å². The molecule has 0 bridgehead atoms. The van der Waals surface area contributed by atoms with E-state index in [9.17, 15) is 14.4 Å². The second-order valence-electron chi connectivity index (χ2n) is 7.63. The van der Waals surface area contributed by atoms with Gasteiger partial charge in [0.1, 0.15) is 6.04 Å². The van der Waals surface area contributed by atoms with E-state index in [0.29, 0.717) is 18.7 Å². The summed E-state index contributed by atoms with van der Waals surface area (Å²) in [6.07, 6.45) is 6.80. The van der Waals surface area contributed by atoms with Crippen LogP contribution in [0.5, 0.6) is 0 Å². The van der Waals surface area contributed by atoms with Crippen LogP contribution < -0.4 is 5.32 Å². The molecule has 1 N–H and O–H groups in total. The lowest BCUT2D eigenvalue weighted by atomic mass is 9.88. The number of para-hydroxylation sites is 1. The molecule has 0 spiro atoms. The quantitative estimate of drug-likeness (QED) is 0.865. The van der Waals surface area contributed by atoms with Gasteiger partial charge in [0.25, 0.3) is 0 Å². The van der Waals surface area contributed by atoms with Crippen LogP contribution in [0.2, 0.25) is 0 Å². The lowest BCUT2D eigenvalue weighted by molar-refractivity contribution is -0.146. The summed E-state index contributed by atoms with van der Waals surface area (Å²) in [6, 6.07) is 8.76. The maximum atomic E-state index is 12.9. The highest BCUT2D eigenvalue weighted by molar-refractivity contribution is 5.96. The van der Waals surface area contributed by atoms with Crippen LogP contribution in [0, 0.1) is 5.92 Å². The first-order valence-corrected chi connectivity index (χ1v) is 9.96. The van der Waals surface area contributed by atoms with Gasteiger partial charge in [-0.25, -0.2) is 0 Å². The molecule has 1 aromatic rings. The molecule has 1 saturated heterocycles. The van der Waals surface area contributed by atoms with Gasteiger partial charge in [-0.15, -0.1) is 0 Å². The summed E-state index contributed by atoms with van der Waals surface area (Å²) in [6.45, 7) is 0.630. The first kappa shape index (κ1) is 19.4. The van der Waals surface area contributed by atoms with Gasteiger partial charge in [-0.2, -0.15) is 0 Å². The largest absolute Gasteiger partial charge is 0.335 e. The van der Waals surface area contributed by atoms with E-state index < -0.39 is 6.04 Å². The fraction of sp³-hybridized carbons (Fsp3) is 0.571. The van der Waals surface area contributed by atoms with Crippen LogP contribution in [0.3, 0.4) is 0 Å². The van der Waals surface area contributed by atoms with Crippen molar-refractivity contribution in [2.75, 3.05) is 25.5 Å². The molecular weight excluding hydrogens is 342 g/mol. The molecule has 6 nitrogen and oxygen atoms in total. The number of nitrogens with zero attached hydrogens (tertiary/aromatic N) is 2. The third kappa shape index (κ3) is 4.87. The van der Waals surface area contributed by atoms with Crippen LogP contribution in [0.1, 0.15) is 44.9 Å². The molecule has 3 amide bonds. The van der Waals surface area contributed by atoms with Crippen molar-refractivity contribution >= 4 is 23.4 Å². The Morgan fingerprint density at radius 2 is 1.74 bits per heavy atom. The van der Waals surface area contributed by atoms with Crippen LogP contribution in [-0.4, -0.2) is 53.7 Å². The summed E-state index contributed by atoms with van der Waals surface area (Å²) < 4.78 is 0. The zero-order valence-corrected chi connectivity index (χ0v) is 16.0. The summed E-state index contributed by atoms with van der Waals surface area (Å²) in [5.41, 5.74) is 0.707. The summed E-state index contributed by atoms with van der Waals surface area (Å²) in [5.74, 6) is -0.174. The van der Waals surface area contributed by atoms with E-state index in [2.05, 4.69) is 5.32 Å². The van der Waals surface area contributed by atoms with Gasteiger partial charge < -0.3 is 15.1 Å². The molecular formula is C21H29N3O3. The van der Waals surface area contributed by atoms with Crippen LogP contribution in [-0.2, 0) is 14.4 Å². The molecule has 1 saturated carbocycles. The molecule has 2 fully saturated rings. The zero-order valence-electron chi connectivity index (χ0n) is 16.0. The minimum absolute atomic E-state index is 0.0182. The third-order valence-electron chi connectivity index (χ3n) is 5.59. The lowest BCUT2D eigenvalue weighted by Gasteiger charge is -2.31. The van der Waals surface area contributed by atoms with Gasteiger partial charge in [0.05, 0.1) is 6.54 Å². The molecule has 27 heavy (non-hydrogen) atoms. The molecule has 146 valence electrons. The normalized spacial score (nSPS) is 20.3. The van der Waals surface area contributed by atoms with Crippen molar-refractivity contribution in [3.05, 3.63) is 30.3 Å². The Labute approximate surface area is 160 Å². The van der Waals surface area contributed by atoms with Gasteiger partial charge in [0.2, 0.25) is 17.7 Å². The molecule has 1 unspecified atom stereocenters. The van der Waals surface area contributed by atoms with Gasteiger partial charge in [0, 0.05) is 25.2 Å². The highest BCUT2D eigenvalue weighted by atomic mass is 16.2. The van der Waals surface area contributed by atoms with Crippen molar-refractivity contribution < 1.29 is 14.4 Å². The van der Waals surface area contributed by atoms with Gasteiger partial charge in [-0.05, 0) is 37.8 Å². The van der Waals surface area contributed by atoms with E-state index >= 15 is 0 Å². The van der Waals surface area contributed by atoms with Gasteiger partial charge >= 0.3 is 0 Å². The molecule has 2 aliphatic rings. The highest BCUT2D eigenvalue weighted by Gasteiger charge is 2.38. The molecule has 1 aliphatic heterocycles. The number of hydrogen-bond acceptors (Lipinski definition) is 3. The van der Waals surface area contributed by atoms with Crippen molar-refractivity contribution in [2.45, 2.75) is 51.0 Å². The Morgan fingerprint density at radius 1 is 1.04 bits per heavy atom. The Bertz CT molecular complexity index is 671. The number of anilines is 1. The Morgan fingerprint density at radius 3 is 2.44 bits per heavy atom. The number of hydrogen-bond donors (Lipinski definition) is 1. The van der Waals surface area contributed by atoms with Crippen molar-refractivity contribution in [3.8, 4) is 0 Å². The number of likely N-dealkylation sites (N-methyl/N-ethyl adjacent to an activating group) is 1. The number of carbonyl (C=O) groups is 3. The van der Waals surface area contributed by atoms with Crippen LogP contribution >= 0.6 is 0 Å². The first-order valence-electron chi connectivity index (χ1n) is 9.96. The molecule has 1 heterocycles. The topological polar surface area (TPSA) is 69.7 Å². The predicted octanol–water partition coefficient (Wildman–Crippen LogP) is 2.65.